The van der Waals surface area contributed by atoms with E-state index in [2.05, 4.69) is 24.5 Å². The lowest BCUT2D eigenvalue weighted by atomic mass is 10.1. The smallest absolute Gasteiger partial charge is 0.0998 e. The summed E-state index contributed by atoms with van der Waals surface area (Å²) in [6.07, 6.45) is 1.96. The van der Waals surface area contributed by atoms with E-state index in [0.29, 0.717) is 5.56 Å². The number of nitriles is 1. The molecular formula is C25H16N2. The van der Waals surface area contributed by atoms with Crippen molar-refractivity contribution in [2.75, 3.05) is 0 Å². The number of hydrogen-bond donors (Lipinski definition) is 0. The molecule has 0 atom stereocenters. The summed E-state index contributed by atoms with van der Waals surface area (Å²) in [5, 5.41) is 10.2. The fraction of sp³-hybridized carbons (Fsp3) is 0. The number of benzene rings is 3. The largest absolute Gasteiger partial charge is 0.317 e. The van der Waals surface area contributed by atoms with E-state index >= 15 is 0 Å². The summed E-state index contributed by atoms with van der Waals surface area (Å²) in [4.78, 5) is 0. The van der Waals surface area contributed by atoms with Gasteiger partial charge < -0.3 is 4.57 Å². The van der Waals surface area contributed by atoms with Crippen LogP contribution in [0.15, 0.2) is 91.6 Å². The Bertz CT molecular complexity index is 1220. The Morgan fingerprint density at radius 3 is 2.19 bits per heavy atom. The first kappa shape index (κ1) is 16.5. The molecule has 1 aromatic heterocycles. The van der Waals surface area contributed by atoms with Gasteiger partial charge >= 0.3 is 0 Å². The third-order valence-electron chi connectivity index (χ3n) is 4.49. The summed E-state index contributed by atoms with van der Waals surface area (Å²) in [5.74, 6) is 6.35. The normalized spacial score (nSPS) is 10.0. The third kappa shape index (κ3) is 3.25. The zero-order chi connectivity index (χ0) is 18.6. The van der Waals surface area contributed by atoms with Gasteiger partial charge in [-0.2, -0.15) is 5.26 Å². The van der Waals surface area contributed by atoms with Crippen LogP contribution in [0.5, 0.6) is 0 Å². The maximum atomic E-state index is 9.27. The molecule has 0 unspecified atom stereocenters. The zero-order valence-electron chi connectivity index (χ0n) is 14.7. The van der Waals surface area contributed by atoms with Crippen LogP contribution in [-0.2, 0) is 0 Å². The maximum absolute atomic E-state index is 9.27. The molecule has 0 aliphatic heterocycles. The first-order valence-corrected chi connectivity index (χ1v) is 8.63. The van der Waals surface area contributed by atoms with Gasteiger partial charge in [0.2, 0.25) is 0 Å². The third-order valence-corrected chi connectivity index (χ3v) is 4.49. The van der Waals surface area contributed by atoms with Crippen LogP contribution in [0.3, 0.4) is 0 Å². The van der Waals surface area contributed by atoms with Crippen molar-refractivity contribution in [1.29, 1.82) is 5.26 Å². The minimum atomic E-state index is 0.672. The predicted octanol–water partition coefficient (Wildman–Crippen LogP) is 5.43. The monoisotopic (exact) mass is 344 g/mol. The van der Waals surface area contributed by atoms with Crippen LogP contribution >= 0.6 is 0 Å². The maximum Gasteiger partial charge on any atom is 0.0998 e. The molecule has 0 radical (unpaired) electrons. The Kier molecular flexibility index (Phi) is 4.32. The molecule has 27 heavy (non-hydrogen) atoms. The molecule has 0 fully saturated rings. The first-order chi connectivity index (χ1) is 13.3. The van der Waals surface area contributed by atoms with Crippen LogP contribution in [0.25, 0.3) is 16.6 Å². The highest BCUT2D eigenvalue weighted by Gasteiger charge is 2.08. The summed E-state index contributed by atoms with van der Waals surface area (Å²) in [7, 11) is 0. The van der Waals surface area contributed by atoms with Crippen molar-refractivity contribution in [2.45, 2.75) is 0 Å². The van der Waals surface area contributed by atoms with Crippen molar-refractivity contribution in [3.05, 3.63) is 114 Å². The van der Waals surface area contributed by atoms with E-state index in [-0.39, 0.29) is 0 Å². The number of aromatic nitrogens is 1. The standard InChI is InChI=1S/C25H16N2/c1-19(27-17-16-24-23(18-26)8-5-9-25(24)27)22-14-12-21(13-15-22)11-10-20-6-3-2-4-7-20/h2-9,12-17H,1H2. The molecule has 4 rings (SSSR count). The number of hydrogen-bond acceptors (Lipinski definition) is 1. The fourth-order valence-electron chi connectivity index (χ4n) is 3.05. The summed E-state index contributed by atoms with van der Waals surface area (Å²) >= 11 is 0. The second-order valence-electron chi connectivity index (χ2n) is 6.18. The van der Waals surface area contributed by atoms with Gasteiger partial charge in [-0.3, -0.25) is 0 Å². The Balaban J connectivity index is 1.62. The highest BCUT2D eigenvalue weighted by atomic mass is 15.0. The molecule has 4 aromatic rings. The van der Waals surface area contributed by atoms with Gasteiger partial charge in [0.15, 0.2) is 0 Å². The van der Waals surface area contributed by atoms with Gasteiger partial charge in [0.25, 0.3) is 0 Å². The summed E-state index contributed by atoms with van der Waals surface area (Å²) in [6, 6.07) is 27.9. The van der Waals surface area contributed by atoms with Gasteiger partial charge in [0.1, 0.15) is 0 Å². The van der Waals surface area contributed by atoms with Crippen LogP contribution in [0.4, 0.5) is 0 Å². The lowest BCUT2D eigenvalue weighted by Gasteiger charge is -2.10. The summed E-state index contributed by atoms with van der Waals surface area (Å²) in [6.45, 7) is 4.24. The molecule has 0 aliphatic carbocycles. The molecule has 0 N–H and O–H groups in total. The Labute approximate surface area is 158 Å². The van der Waals surface area contributed by atoms with Crippen molar-refractivity contribution < 1.29 is 0 Å². The molecule has 2 nitrogen and oxygen atoms in total. The lowest BCUT2D eigenvalue weighted by Crippen LogP contribution is -1.96. The average molecular weight is 344 g/mol. The van der Waals surface area contributed by atoms with Crippen LogP contribution in [0.2, 0.25) is 0 Å². The van der Waals surface area contributed by atoms with Crippen LogP contribution in [0.1, 0.15) is 22.3 Å². The van der Waals surface area contributed by atoms with Crippen molar-refractivity contribution in [1.82, 2.24) is 4.57 Å². The van der Waals surface area contributed by atoms with E-state index in [4.69, 9.17) is 0 Å². The van der Waals surface area contributed by atoms with E-state index in [1.165, 1.54) is 0 Å². The van der Waals surface area contributed by atoms with Gasteiger partial charge in [-0.05, 0) is 48.0 Å². The van der Waals surface area contributed by atoms with Crippen LogP contribution < -0.4 is 0 Å². The number of nitrogens with zero attached hydrogens (tertiary/aromatic N) is 2. The van der Waals surface area contributed by atoms with Gasteiger partial charge in [0, 0.05) is 28.4 Å². The molecule has 0 spiro atoms. The number of fused-ring (bicyclic) bond motifs is 1. The van der Waals surface area contributed by atoms with Gasteiger partial charge in [-0.25, -0.2) is 0 Å². The summed E-state index contributed by atoms with van der Waals surface area (Å²) < 4.78 is 2.01. The first-order valence-electron chi connectivity index (χ1n) is 8.63. The molecule has 0 saturated heterocycles. The van der Waals surface area contributed by atoms with Crippen LogP contribution in [-0.4, -0.2) is 4.57 Å². The highest BCUT2D eigenvalue weighted by molar-refractivity contribution is 5.89. The molecule has 126 valence electrons. The van der Waals surface area contributed by atoms with Crippen molar-refractivity contribution in [3.8, 4) is 17.9 Å². The van der Waals surface area contributed by atoms with Crippen molar-refractivity contribution in [2.24, 2.45) is 0 Å². The molecule has 1 heterocycles. The van der Waals surface area contributed by atoms with E-state index in [0.717, 1.165) is 33.3 Å². The number of rotatable bonds is 2. The van der Waals surface area contributed by atoms with Crippen molar-refractivity contribution >= 4 is 16.6 Å². The fourth-order valence-corrected chi connectivity index (χ4v) is 3.05. The van der Waals surface area contributed by atoms with Gasteiger partial charge in [-0.15, -0.1) is 0 Å². The molecule has 0 saturated carbocycles. The Hall–Kier alpha value is -4.01. The van der Waals surface area contributed by atoms with Gasteiger partial charge in [-0.1, -0.05) is 54.8 Å². The van der Waals surface area contributed by atoms with Crippen molar-refractivity contribution in [3.63, 3.8) is 0 Å². The Morgan fingerprint density at radius 2 is 1.48 bits per heavy atom. The minimum Gasteiger partial charge on any atom is -0.317 e. The summed E-state index contributed by atoms with van der Waals surface area (Å²) in [5.41, 5.74) is 5.48. The molecule has 3 aromatic carbocycles. The molecule has 0 amide bonds. The van der Waals surface area contributed by atoms with E-state index in [1.807, 2.05) is 89.6 Å². The Morgan fingerprint density at radius 1 is 0.778 bits per heavy atom. The second kappa shape index (κ2) is 7.08. The van der Waals surface area contributed by atoms with E-state index < -0.39 is 0 Å². The quantitative estimate of drug-likeness (QED) is 0.446. The topological polar surface area (TPSA) is 28.7 Å². The lowest BCUT2D eigenvalue weighted by molar-refractivity contribution is 1.17. The molecule has 0 aliphatic rings. The van der Waals surface area contributed by atoms with Gasteiger partial charge in [0.05, 0.1) is 17.1 Å². The molecular weight excluding hydrogens is 328 g/mol. The molecule has 0 bridgehead atoms. The second-order valence-corrected chi connectivity index (χ2v) is 6.18. The molecule has 2 heteroatoms. The zero-order valence-corrected chi connectivity index (χ0v) is 14.7. The highest BCUT2D eigenvalue weighted by Crippen LogP contribution is 2.25. The van der Waals surface area contributed by atoms with E-state index in [9.17, 15) is 5.26 Å². The van der Waals surface area contributed by atoms with Crippen LogP contribution in [0, 0.1) is 23.2 Å². The average Bonchev–Trinajstić information content (AvgIpc) is 3.17. The van der Waals surface area contributed by atoms with E-state index in [1.54, 1.807) is 0 Å². The predicted molar refractivity (Wildman–Crippen MR) is 110 cm³/mol. The minimum absolute atomic E-state index is 0.672. The SMILES string of the molecule is C=C(c1ccc(C#Cc2ccccc2)cc1)n1ccc2c(C#N)cccc21.